The number of carbonyl (C=O) groups excluding carboxylic acids is 2. The summed E-state index contributed by atoms with van der Waals surface area (Å²) >= 11 is 0. The molecule has 0 atom stereocenters. The lowest BCUT2D eigenvalue weighted by molar-refractivity contribution is -0.114. The number of hydrogen-bond acceptors (Lipinski definition) is 4. The van der Waals surface area contributed by atoms with Crippen LogP contribution in [-0.2, 0) is 4.79 Å². The molecule has 2 heterocycles. The lowest BCUT2D eigenvalue weighted by atomic mass is 10.2. The molecule has 0 bridgehead atoms. The molecule has 5 N–H and O–H groups in total. The van der Waals surface area contributed by atoms with Crippen molar-refractivity contribution >= 4 is 11.8 Å². The molecule has 1 aliphatic heterocycles. The highest BCUT2D eigenvalue weighted by Crippen LogP contribution is 2.02. The predicted molar refractivity (Wildman–Crippen MR) is 71.2 cm³/mol. The van der Waals surface area contributed by atoms with Crippen LogP contribution in [0.3, 0.4) is 0 Å². The highest BCUT2D eigenvalue weighted by atomic mass is 16.1. The summed E-state index contributed by atoms with van der Waals surface area (Å²) < 4.78 is 0. The quantitative estimate of drug-likeness (QED) is 0.711. The Bertz CT molecular complexity index is 489. The Kier molecular flexibility index (Phi) is 5.11. The van der Waals surface area contributed by atoms with Crippen molar-refractivity contribution < 1.29 is 12.4 Å². The van der Waals surface area contributed by atoms with Gasteiger partial charge in [-0.25, -0.2) is 0 Å². The third kappa shape index (κ3) is 4.48. The number of allylic oxidation sites excluding steroid dienone is 1. The van der Waals surface area contributed by atoms with Gasteiger partial charge in [0.2, 0.25) is 11.8 Å². The molecule has 0 aliphatic carbocycles. The Balaban J connectivity index is 0. The van der Waals surface area contributed by atoms with Gasteiger partial charge in [0.15, 0.2) is 0 Å². The van der Waals surface area contributed by atoms with Gasteiger partial charge in [0.05, 0.1) is 5.56 Å². The van der Waals surface area contributed by atoms with Crippen molar-refractivity contribution in [2.24, 2.45) is 11.5 Å². The number of hydrogen-bond donors (Lipinski definition) is 3. The zero-order valence-electron chi connectivity index (χ0n) is 9.67. The number of dihydropyridines is 1. The van der Waals surface area contributed by atoms with Gasteiger partial charge in [-0.1, -0.05) is 6.08 Å². The van der Waals surface area contributed by atoms with Crippen LogP contribution in [0.2, 0.25) is 0 Å². The first-order valence-electron chi connectivity index (χ1n) is 5.21. The maximum Gasteiger partial charge on any atom is 0.250 e. The zero-order valence-corrected chi connectivity index (χ0v) is 9.67. The zero-order chi connectivity index (χ0) is 13.4. The van der Waals surface area contributed by atoms with Gasteiger partial charge in [-0.05, 0) is 24.8 Å². The molecule has 0 saturated carbocycles. The van der Waals surface area contributed by atoms with E-state index in [1.165, 1.54) is 6.20 Å². The standard InChI is InChI=1S/C6H8N2O.C6H6N2O.2H2/c2*7-6(9)5-2-1-3-8-4-5;;/h1,3-4,8H,2H2,(H2,7,9);1-4H,(H2,7,9);2*1H. The normalized spacial score (nSPS) is 12.6. The van der Waals surface area contributed by atoms with Gasteiger partial charge in [-0.3, -0.25) is 14.6 Å². The maximum absolute atomic E-state index is 10.4. The van der Waals surface area contributed by atoms with Crippen molar-refractivity contribution in [1.29, 1.82) is 0 Å². The minimum absolute atomic E-state index is 0. The van der Waals surface area contributed by atoms with Gasteiger partial charge in [0, 0.05) is 27.0 Å². The van der Waals surface area contributed by atoms with Crippen molar-refractivity contribution in [3.8, 4) is 0 Å². The fourth-order valence-electron chi connectivity index (χ4n) is 1.14. The number of aromatic nitrogens is 1. The number of nitrogens with two attached hydrogens (primary N) is 2. The number of amides is 2. The summed E-state index contributed by atoms with van der Waals surface area (Å²) in [7, 11) is 0. The largest absolute Gasteiger partial charge is 0.367 e. The third-order valence-electron chi connectivity index (χ3n) is 2.07. The van der Waals surface area contributed by atoms with E-state index in [0.717, 1.165) is 0 Å². The molecule has 0 aromatic carbocycles. The van der Waals surface area contributed by atoms with Crippen molar-refractivity contribution in [2.45, 2.75) is 6.42 Å². The number of rotatable bonds is 2. The lowest BCUT2D eigenvalue weighted by Crippen LogP contribution is -2.17. The molecule has 0 spiro atoms. The first-order chi connectivity index (χ1) is 8.61. The van der Waals surface area contributed by atoms with Gasteiger partial charge in [0.1, 0.15) is 0 Å². The Morgan fingerprint density at radius 2 is 2.11 bits per heavy atom. The number of primary amides is 2. The lowest BCUT2D eigenvalue weighted by Gasteiger charge is -2.03. The molecule has 6 nitrogen and oxygen atoms in total. The molecule has 0 radical (unpaired) electrons. The molecule has 2 rings (SSSR count). The van der Waals surface area contributed by atoms with Gasteiger partial charge in [0.25, 0.3) is 0 Å². The van der Waals surface area contributed by atoms with E-state index in [1.807, 2.05) is 6.08 Å². The van der Waals surface area contributed by atoms with Crippen LogP contribution >= 0.6 is 0 Å². The SMILES string of the molecule is NC(=O)C1=CNC=CC1.NC(=O)c1cccnc1.[HH].[HH]. The van der Waals surface area contributed by atoms with Gasteiger partial charge >= 0.3 is 0 Å². The predicted octanol–water partition coefficient (Wildman–Crippen LogP) is 0.535. The molecule has 18 heavy (non-hydrogen) atoms. The van der Waals surface area contributed by atoms with Crippen LogP contribution in [0.25, 0.3) is 0 Å². The topological polar surface area (TPSA) is 111 Å². The van der Waals surface area contributed by atoms with Crippen LogP contribution in [-0.4, -0.2) is 16.8 Å². The Labute approximate surface area is 107 Å². The minimum Gasteiger partial charge on any atom is -0.367 e. The van der Waals surface area contributed by atoms with Crippen LogP contribution in [0.15, 0.2) is 48.6 Å². The fraction of sp³-hybridized carbons (Fsp3) is 0.0833. The molecule has 1 aromatic heterocycles. The molecule has 6 heteroatoms. The van der Waals surface area contributed by atoms with E-state index in [2.05, 4.69) is 10.3 Å². The first kappa shape index (κ1) is 13.4. The number of carbonyl (C=O) groups is 2. The monoisotopic (exact) mass is 250 g/mol. The average Bonchev–Trinajstić information content (AvgIpc) is 2.41. The molecule has 98 valence electrons. The van der Waals surface area contributed by atoms with Crippen LogP contribution in [0.5, 0.6) is 0 Å². The first-order valence-corrected chi connectivity index (χ1v) is 5.21. The molecule has 0 fully saturated rings. The molecular weight excluding hydrogens is 232 g/mol. The second kappa shape index (κ2) is 6.85. The summed E-state index contributed by atoms with van der Waals surface area (Å²) in [5, 5.41) is 2.77. The molecule has 1 aromatic rings. The second-order valence-electron chi connectivity index (χ2n) is 3.41. The highest BCUT2D eigenvalue weighted by molar-refractivity contribution is 5.92. The van der Waals surface area contributed by atoms with E-state index in [4.69, 9.17) is 11.5 Å². The average molecular weight is 250 g/mol. The molecule has 0 unspecified atom stereocenters. The Hall–Kier alpha value is -2.63. The summed E-state index contributed by atoms with van der Waals surface area (Å²) in [6.07, 6.45) is 8.89. The summed E-state index contributed by atoms with van der Waals surface area (Å²) in [5.41, 5.74) is 11.0. The van der Waals surface area contributed by atoms with Gasteiger partial charge < -0.3 is 16.8 Å². The maximum atomic E-state index is 10.4. The van der Waals surface area contributed by atoms with E-state index in [0.29, 0.717) is 17.6 Å². The fourth-order valence-corrected chi connectivity index (χ4v) is 1.14. The van der Waals surface area contributed by atoms with Crippen LogP contribution in [0.1, 0.15) is 19.6 Å². The van der Waals surface area contributed by atoms with E-state index in [9.17, 15) is 9.59 Å². The van der Waals surface area contributed by atoms with Crippen LogP contribution in [0, 0.1) is 0 Å². The summed E-state index contributed by atoms with van der Waals surface area (Å²) in [6, 6.07) is 3.29. The summed E-state index contributed by atoms with van der Waals surface area (Å²) in [4.78, 5) is 24.5. The van der Waals surface area contributed by atoms with Gasteiger partial charge in [-0.2, -0.15) is 0 Å². The minimum atomic E-state index is -0.442. The number of pyridine rings is 1. The second-order valence-corrected chi connectivity index (χ2v) is 3.41. The number of nitrogens with zero attached hydrogens (tertiary/aromatic N) is 1. The molecule has 0 saturated heterocycles. The third-order valence-corrected chi connectivity index (χ3v) is 2.07. The van der Waals surface area contributed by atoms with E-state index >= 15 is 0 Å². The molecular formula is C12H18N4O2. The molecule has 1 aliphatic rings. The van der Waals surface area contributed by atoms with Crippen LogP contribution < -0.4 is 16.8 Å². The Morgan fingerprint density at radius 1 is 1.33 bits per heavy atom. The van der Waals surface area contributed by atoms with E-state index < -0.39 is 5.91 Å². The van der Waals surface area contributed by atoms with Gasteiger partial charge in [-0.15, -0.1) is 0 Å². The van der Waals surface area contributed by atoms with Crippen molar-refractivity contribution in [2.75, 3.05) is 0 Å². The smallest absolute Gasteiger partial charge is 0.250 e. The Morgan fingerprint density at radius 3 is 2.44 bits per heavy atom. The van der Waals surface area contributed by atoms with Crippen molar-refractivity contribution in [1.82, 2.24) is 10.3 Å². The summed E-state index contributed by atoms with van der Waals surface area (Å²) in [6.45, 7) is 0. The summed E-state index contributed by atoms with van der Waals surface area (Å²) in [5.74, 6) is -0.796. The van der Waals surface area contributed by atoms with Crippen molar-refractivity contribution in [3.63, 3.8) is 0 Å². The highest BCUT2D eigenvalue weighted by Gasteiger charge is 2.02. The van der Waals surface area contributed by atoms with Crippen LogP contribution in [0.4, 0.5) is 0 Å². The number of nitrogens with one attached hydrogen (secondary N) is 1. The molecule has 2 amide bonds. The van der Waals surface area contributed by atoms with Crippen molar-refractivity contribution in [3.05, 3.63) is 54.1 Å². The van der Waals surface area contributed by atoms with E-state index in [1.54, 1.807) is 30.7 Å². The van der Waals surface area contributed by atoms with E-state index in [-0.39, 0.29) is 8.76 Å².